The Morgan fingerprint density at radius 1 is 1.40 bits per heavy atom. The molecule has 0 saturated carbocycles. The number of alkyl halides is 3. The molecule has 1 aromatic heterocycles. The first-order chi connectivity index (χ1) is 9.32. The lowest BCUT2D eigenvalue weighted by atomic mass is 10.2. The van der Waals surface area contributed by atoms with Gasteiger partial charge in [-0.25, -0.2) is 4.98 Å². The van der Waals surface area contributed by atoms with E-state index in [9.17, 15) is 13.2 Å². The third-order valence-corrected chi connectivity index (χ3v) is 3.00. The van der Waals surface area contributed by atoms with Crippen molar-refractivity contribution in [2.75, 3.05) is 12.3 Å². The zero-order valence-electron chi connectivity index (χ0n) is 11.2. The van der Waals surface area contributed by atoms with Crippen molar-refractivity contribution in [1.82, 2.24) is 9.55 Å². The molecule has 2 aromatic rings. The molecule has 1 atom stereocenters. The highest BCUT2D eigenvalue weighted by molar-refractivity contribution is 5.79. The molecule has 1 unspecified atom stereocenters. The Morgan fingerprint density at radius 3 is 2.70 bits per heavy atom. The van der Waals surface area contributed by atoms with Crippen molar-refractivity contribution in [2.24, 2.45) is 0 Å². The molecule has 2 rings (SSSR count). The summed E-state index contributed by atoms with van der Waals surface area (Å²) in [5.74, 6) is 0.186. The molecule has 110 valence electrons. The van der Waals surface area contributed by atoms with Gasteiger partial charge in [0.05, 0.1) is 29.2 Å². The summed E-state index contributed by atoms with van der Waals surface area (Å²) in [6.07, 6.45) is -4.48. The van der Waals surface area contributed by atoms with E-state index in [0.29, 0.717) is 18.7 Å². The third-order valence-electron chi connectivity index (χ3n) is 3.00. The van der Waals surface area contributed by atoms with Gasteiger partial charge in [-0.15, -0.1) is 0 Å². The molecular formula is C13H16F3N3O. The third kappa shape index (κ3) is 2.87. The average molecular weight is 287 g/mol. The number of aromatic nitrogens is 2. The number of imidazole rings is 1. The highest BCUT2D eigenvalue weighted by Crippen LogP contribution is 2.31. The quantitative estimate of drug-likeness (QED) is 0.940. The Bertz CT molecular complexity index is 607. The molecule has 0 aliphatic heterocycles. The number of hydrogen-bond acceptors (Lipinski definition) is 3. The topological polar surface area (TPSA) is 53.1 Å². The molecular weight excluding hydrogens is 271 g/mol. The van der Waals surface area contributed by atoms with E-state index < -0.39 is 11.7 Å². The van der Waals surface area contributed by atoms with Crippen LogP contribution in [0, 0.1) is 0 Å². The van der Waals surface area contributed by atoms with Gasteiger partial charge in [0.2, 0.25) is 5.95 Å². The standard InChI is InChI=1S/C13H16F3N3O/c1-3-20-8(2)7-19-11-5-4-9(13(14,15)16)6-10(11)18-12(19)17/h4-6,8H,3,7H2,1-2H3,(H2,17,18). The van der Waals surface area contributed by atoms with E-state index in [2.05, 4.69) is 4.98 Å². The maximum atomic E-state index is 12.6. The Labute approximate surface area is 114 Å². The largest absolute Gasteiger partial charge is 0.416 e. The lowest BCUT2D eigenvalue weighted by Crippen LogP contribution is -2.17. The lowest BCUT2D eigenvalue weighted by Gasteiger charge is -2.14. The van der Waals surface area contributed by atoms with E-state index in [1.165, 1.54) is 6.07 Å². The fourth-order valence-electron chi connectivity index (χ4n) is 2.11. The van der Waals surface area contributed by atoms with Crippen LogP contribution in [0.25, 0.3) is 11.0 Å². The number of nitrogen functional groups attached to an aromatic ring is 1. The molecule has 20 heavy (non-hydrogen) atoms. The van der Waals surface area contributed by atoms with Crippen LogP contribution in [-0.4, -0.2) is 22.3 Å². The summed E-state index contributed by atoms with van der Waals surface area (Å²) in [4.78, 5) is 3.99. The van der Waals surface area contributed by atoms with Crippen LogP contribution < -0.4 is 5.73 Å². The molecule has 1 aromatic carbocycles. The number of nitrogens with two attached hydrogens (primary N) is 1. The monoisotopic (exact) mass is 287 g/mol. The summed E-state index contributed by atoms with van der Waals surface area (Å²) in [6, 6.07) is 3.43. The Kier molecular flexibility index (Phi) is 3.89. The van der Waals surface area contributed by atoms with Gasteiger partial charge in [-0.3, -0.25) is 0 Å². The minimum Gasteiger partial charge on any atom is -0.377 e. The van der Waals surface area contributed by atoms with Crippen LogP contribution in [0.4, 0.5) is 19.1 Å². The minimum absolute atomic E-state index is 0.0954. The van der Waals surface area contributed by atoms with E-state index in [1.54, 1.807) is 4.57 Å². The summed E-state index contributed by atoms with van der Waals surface area (Å²) >= 11 is 0. The zero-order chi connectivity index (χ0) is 14.9. The lowest BCUT2D eigenvalue weighted by molar-refractivity contribution is -0.137. The number of hydrogen-bond donors (Lipinski definition) is 1. The summed E-state index contributed by atoms with van der Waals surface area (Å²) in [5.41, 5.74) is 5.85. The van der Waals surface area contributed by atoms with Crippen molar-refractivity contribution in [3.8, 4) is 0 Å². The molecule has 0 aliphatic rings. The van der Waals surface area contributed by atoms with Gasteiger partial charge >= 0.3 is 6.18 Å². The van der Waals surface area contributed by atoms with Gasteiger partial charge in [-0.05, 0) is 32.0 Å². The second-order valence-electron chi connectivity index (χ2n) is 4.55. The second-order valence-corrected chi connectivity index (χ2v) is 4.55. The predicted molar refractivity (Wildman–Crippen MR) is 70.2 cm³/mol. The first kappa shape index (κ1) is 14.6. The van der Waals surface area contributed by atoms with E-state index in [-0.39, 0.29) is 17.6 Å². The van der Waals surface area contributed by atoms with Crippen LogP contribution in [0.2, 0.25) is 0 Å². The maximum Gasteiger partial charge on any atom is 0.416 e. The first-order valence-electron chi connectivity index (χ1n) is 6.27. The average Bonchev–Trinajstić information content (AvgIpc) is 2.64. The van der Waals surface area contributed by atoms with E-state index in [1.807, 2.05) is 13.8 Å². The summed E-state index contributed by atoms with van der Waals surface area (Å²) < 4.78 is 45.0. The molecule has 2 N–H and O–H groups in total. The molecule has 4 nitrogen and oxygen atoms in total. The molecule has 0 spiro atoms. The van der Waals surface area contributed by atoms with Crippen LogP contribution in [0.3, 0.4) is 0 Å². The Morgan fingerprint density at radius 2 is 2.10 bits per heavy atom. The number of halogens is 3. The molecule has 0 aliphatic carbocycles. The number of nitrogens with zero attached hydrogens (tertiary/aromatic N) is 2. The number of anilines is 1. The van der Waals surface area contributed by atoms with E-state index >= 15 is 0 Å². The smallest absolute Gasteiger partial charge is 0.377 e. The van der Waals surface area contributed by atoms with Crippen LogP contribution in [0.15, 0.2) is 18.2 Å². The SMILES string of the molecule is CCOC(C)Cn1c(N)nc2cc(C(F)(F)F)ccc21. The first-order valence-corrected chi connectivity index (χ1v) is 6.27. The highest BCUT2D eigenvalue weighted by Gasteiger charge is 2.31. The summed E-state index contributed by atoms with van der Waals surface area (Å²) in [6.45, 7) is 4.76. The van der Waals surface area contributed by atoms with Gasteiger partial charge in [0, 0.05) is 6.61 Å². The number of rotatable bonds is 4. The summed E-state index contributed by atoms with van der Waals surface area (Å²) in [5, 5.41) is 0. The predicted octanol–water partition coefficient (Wildman–Crippen LogP) is 3.06. The van der Waals surface area contributed by atoms with E-state index in [4.69, 9.17) is 10.5 Å². The van der Waals surface area contributed by atoms with Gasteiger partial charge < -0.3 is 15.0 Å². The van der Waals surface area contributed by atoms with Gasteiger partial charge in [0.1, 0.15) is 0 Å². The van der Waals surface area contributed by atoms with Gasteiger partial charge in [-0.1, -0.05) is 0 Å². The highest BCUT2D eigenvalue weighted by atomic mass is 19.4. The van der Waals surface area contributed by atoms with Crippen LogP contribution >= 0.6 is 0 Å². The van der Waals surface area contributed by atoms with Gasteiger partial charge in [0.25, 0.3) is 0 Å². The van der Waals surface area contributed by atoms with Gasteiger partial charge in [-0.2, -0.15) is 13.2 Å². The van der Waals surface area contributed by atoms with Crippen LogP contribution in [-0.2, 0) is 17.5 Å². The fraction of sp³-hybridized carbons (Fsp3) is 0.462. The van der Waals surface area contributed by atoms with Crippen molar-refractivity contribution in [3.05, 3.63) is 23.8 Å². The summed E-state index contributed by atoms with van der Waals surface area (Å²) in [7, 11) is 0. The van der Waals surface area contributed by atoms with Crippen molar-refractivity contribution in [2.45, 2.75) is 32.7 Å². The Balaban J connectivity index is 2.40. The molecule has 1 heterocycles. The van der Waals surface area contributed by atoms with Crippen molar-refractivity contribution in [1.29, 1.82) is 0 Å². The molecule has 0 fully saturated rings. The molecule has 0 bridgehead atoms. The Hall–Kier alpha value is -1.76. The number of fused-ring (bicyclic) bond motifs is 1. The zero-order valence-corrected chi connectivity index (χ0v) is 11.2. The fourth-order valence-corrected chi connectivity index (χ4v) is 2.11. The number of ether oxygens (including phenoxy) is 1. The molecule has 7 heteroatoms. The van der Waals surface area contributed by atoms with Crippen molar-refractivity contribution < 1.29 is 17.9 Å². The molecule has 0 saturated heterocycles. The van der Waals surface area contributed by atoms with Crippen molar-refractivity contribution >= 4 is 17.0 Å². The van der Waals surface area contributed by atoms with Crippen LogP contribution in [0.5, 0.6) is 0 Å². The van der Waals surface area contributed by atoms with Gasteiger partial charge in [0.15, 0.2) is 0 Å². The van der Waals surface area contributed by atoms with Crippen LogP contribution in [0.1, 0.15) is 19.4 Å². The minimum atomic E-state index is -4.38. The molecule has 0 amide bonds. The van der Waals surface area contributed by atoms with Crippen molar-refractivity contribution in [3.63, 3.8) is 0 Å². The second kappa shape index (κ2) is 5.32. The number of benzene rings is 1. The normalized spacial score (nSPS) is 13.8. The maximum absolute atomic E-state index is 12.6. The van der Waals surface area contributed by atoms with E-state index in [0.717, 1.165) is 12.1 Å². The molecule has 0 radical (unpaired) electrons.